The number of carbonyl (C=O) groups is 1. The number of phenols is 1. The molecular formula is C21H18O3Zn. The van der Waals surface area contributed by atoms with Crippen molar-refractivity contribution in [3.05, 3.63) is 89.5 Å². The largest absolute Gasteiger partial charge is 0.507 e. The second kappa shape index (κ2) is 8.09. The van der Waals surface area contributed by atoms with Crippen molar-refractivity contribution in [2.75, 3.05) is 0 Å². The Morgan fingerprint density at radius 2 is 1.44 bits per heavy atom. The Kier molecular flexibility index (Phi) is 6.11. The summed E-state index contributed by atoms with van der Waals surface area (Å²) in [5, 5.41) is 19.9. The molecule has 0 saturated heterocycles. The fraction of sp³-hybridized carbons (Fsp3) is 0.0952. The molecule has 0 aliphatic carbocycles. The third-order valence-corrected chi connectivity index (χ3v) is 4.24. The molecule has 1 atom stereocenters. The molecule has 0 aromatic heterocycles. The van der Waals surface area contributed by atoms with Gasteiger partial charge in [0.05, 0.1) is 0 Å². The van der Waals surface area contributed by atoms with Crippen molar-refractivity contribution in [2.45, 2.75) is 12.8 Å². The number of hydrogen-bond donors (Lipinski definition) is 2. The van der Waals surface area contributed by atoms with Crippen LogP contribution in [0.15, 0.2) is 72.8 Å². The SMILES string of the molecule is CC(c1ccccc1)c1cc(-c2ccccc2)cc(C(=O)O)c1O.[Zn]. The van der Waals surface area contributed by atoms with Gasteiger partial charge in [0.2, 0.25) is 0 Å². The maximum Gasteiger partial charge on any atom is 0.339 e. The molecule has 0 heterocycles. The van der Waals surface area contributed by atoms with E-state index in [4.69, 9.17) is 0 Å². The molecule has 1 unspecified atom stereocenters. The number of benzene rings is 3. The van der Waals surface area contributed by atoms with Crippen molar-refractivity contribution in [3.63, 3.8) is 0 Å². The second-order valence-electron chi connectivity index (χ2n) is 5.77. The maximum atomic E-state index is 11.6. The molecule has 0 bridgehead atoms. The molecule has 0 aliphatic rings. The summed E-state index contributed by atoms with van der Waals surface area (Å²) in [7, 11) is 0. The Morgan fingerprint density at radius 3 is 2.00 bits per heavy atom. The van der Waals surface area contributed by atoms with Gasteiger partial charge < -0.3 is 10.2 Å². The molecular weight excluding hydrogens is 366 g/mol. The molecule has 3 nitrogen and oxygen atoms in total. The van der Waals surface area contributed by atoms with Crippen LogP contribution in [0.25, 0.3) is 11.1 Å². The van der Waals surface area contributed by atoms with Crippen LogP contribution in [-0.2, 0) is 19.5 Å². The second-order valence-corrected chi connectivity index (χ2v) is 5.77. The molecule has 0 fully saturated rings. The van der Waals surface area contributed by atoms with Crippen molar-refractivity contribution in [1.29, 1.82) is 0 Å². The van der Waals surface area contributed by atoms with Crippen LogP contribution in [0.2, 0.25) is 0 Å². The third kappa shape index (κ3) is 3.97. The molecule has 0 saturated carbocycles. The summed E-state index contributed by atoms with van der Waals surface area (Å²) in [6.07, 6.45) is 0. The minimum atomic E-state index is -1.13. The van der Waals surface area contributed by atoms with E-state index in [0.717, 1.165) is 16.7 Å². The Bertz CT molecular complexity index is 861. The molecule has 0 spiro atoms. The predicted octanol–water partition coefficient (Wildman–Crippen LogP) is 4.91. The van der Waals surface area contributed by atoms with Gasteiger partial charge in [-0.15, -0.1) is 0 Å². The number of carboxylic acids is 1. The minimum absolute atomic E-state index is 0. The normalized spacial score (nSPS) is 11.4. The summed E-state index contributed by atoms with van der Waals surface area (Å²) >= 11 is 0. The summed E-state index contributed by atoms with van der Waals surface area (Å²) < 4.78 is 0. The zero-order valence-electron chi connectivity index (χ0n) is 14.0. The standard InChI is InChI=1S/C21H18O3.Zn/c1-14(15-8-4-2-5-9-15)18-12-17(16-10-6-3-7-11-16)13-19(20(18)22)21(23)24;/h2-14,22H,1H3,(H,23,24);. The van der Waals surface area contributed by atoms with Gasteiger partial charge in [-0.1, -0.05) is 67.6 Å². The number of carboxylic acid groups (broad SMARTS) is 1. The summed E-state index contributed by atoms with van der Waals surface area (Å²) in [6, 6.07) is 22.7. The van der Waals surface area contributed by atoms with Crippen molar-refractivity contribution in [1.82, 2.24) is 0 Å². The van der Waals surface area contributed by atoms with Gasteiger partial charge in [-0.25, -0.2) is 4.79 Å². The minimum Gasteiger partial charge on any atom is -0.507 e. The molecule has 3 rings (SSSR count). The van der Waals surface area contributed by atoms with E-state index in [0.29, 0.717) is 5.56 Å². The first-order chi connectivity index (χ1) is 11.6. The molecule has 0 amide bonds. The Hall–Kier alpha value is -2.45. The maximum absolute atomic E-state index is 11.6. The van der Waals surface area contributed by atoms with Crippen LogP contribution in [0.1, 0.15) is 34.3 Å². The number of hydrogen-bond acceptors (Lipinski definition) is 2. The summed E-state index contributed by atoms with van der Waals surface area (Å²) in [6.45, 7) is 1.96. The van der Waals surface area contributed by atoms with Gasteiger partial charge in [0.1, 0.15) is 11.3 Å². The van der Waals surface area contributed by atoms with Gasteiger partial charge in [0.15, 0.2) is 0 Å². The summed E-state index contributed by atoms with van der Waals surface area (Å²) in [5.74, 6) is -1.42. The van der Waals surface area contributed by atoms with E-state index < -0.39 is 5.97 Å². The van der Waals surface area contributed by atoms with Gasteiger partial charge >= 0.3 is 5.97 Å². The summed E-state index contributed by atoms with van der Waals surface area (Å²) in [4.78, 5) is 11.6. The van der Waals surface area contributed by atoms with E-state index in [2.05, 4.69) is 0 Å². The van der Waals surface area contributed by atoms with Gasteiger partial charge in [-0.05, 0) is 28.8 Å². The molecule has 25 heavy (non-hydrogen) atoms. The van der Waals surface area contributed by atoms with E-state index in [1.54, 1.807) is 0 Å². The smallest absolute Gasteiger partial charge is 0.339 e. The van der Waals surface area contributed by atoms with Crippen molar-refractivity contribution in [2.24, 2.45) is 0 Å². The van der Waals surface area contributed by atoms with Crippen LogP contribution >= 0.6 is 0 Å². The van der Waals surface area contributed by atoms with Crippen molar-refractivity contribution < 1.29 is 34.5 Å². The zero-order chi connectivity index (χ0) is 17.1. The topological polar surface area (TPSA) is 57.5 Å². The molecule has 4 heteroatoms. The van der Waals surface area contributed by atoms with Gasteiger partial charge in [-0.2, -0.15) is 0 Å². The average Bonchev–Trinajstić information content (AvgIpc) is 2.62. The molecule has 2 N–H and O–H groups in total. The van der Waals surface area contributed by atoms with E-state index in [1.165, 1.54) is 6.07 Å². The Labute approximate surface area is 159 Å². The first-order valence-electron chi connectivity index (χ1n) is 7.78. The quantitative estimate of drug-likeness (QED) is 0.629. The van der Waals surface area contributed by atoms with Gasteiger partial charge in [0.25, 0.3) is 0 Å². The fourth-order valence-electron chi connectivity index (χ4n) is 2.87. The number of aromatic carboxylic acids is 1. The number of rotatable bonds is 4. The molecule has 3 aromatic rings. The average molecular weight is 384 g/mol. The Balaban J connectivity index is 0.00000225. The van der Waals surface area contributed by atoms with E-state index in [1.807, 2.05) is 73.7 Å². The molecule has 122 valence electrons. The Morgan fingerprint density at radius 1 is 0.880 bits per heavy atom. The molecule has 0 aliphatic heterocycles. The van der Waals surface area contributed by atoms with Crippen molar-refractivity contribution >= 4 is 5.97 Å². The van der Waals surface area contributed by atoms with Crippen molar-refractivity contribution in [3.8, 4) is 16.9 Å². The predicted molar refractivity (Wildman–Crippen MR) is 94.5 cm³/mol. The first kappa shape index (κ1) is 18.9. The van der Waals surface area contributed by atoms with Crippen LogP contribution in [0.4, 0.5) is 0 Å². The van der Waals surface area contributed by atoms with Crippen LogP contribution < -0.4 is 0 Å². The zero-order valence-corrected chi connectivity index (χ0v) is 17.0. The summed E-state index contributed by atoms with van der Waals surface area (Å²) in [5.41, 5.74) is 3.26. The van der Waals surface area contributed by atoms with Gasteiger partial charge in [-0.3, -0.25) is 0 Å². The molecule has 3 aromatic carbocycles. The van der Waals surface area contributed by atoms with Crippen LogP contribution in [-0.4, -0.2) is 16.2 Å². The molecule has 0 radical (unpaired) electrons. The van der Waals surface area contributed by atoms with Gasteiger partial charge in [0, 0.05) is 31.0 Å². The van der Waals surface area contributed by atoms with Crippen LogP contribution in [0.5, 0.6) is 5.75 Å². The number of aromatic hydroxyl groups is 1. The van der Waals surface area contributed by atoms with E-state index in [9.17, 15) is 15.0 Å². The third-order valence-electron chi connectivity index (χ3n) is 4.24. The van der Waals surface area contributed by atoms with Crippen LogP contribution in [0, 0.1) is 0 Å². The van der Waals surface area contributed by atoms with E-state index in [-0.39, 0.29) is 36.7 Å². The first-order valence-corrected chi connectivity index (χ1v) is 7.78. The van der Waals surface area contributed by atoms with E-state index >= 15 is 0 Å². The van der Waals surface area contributed by atoms with Crippen LogP contribution in [0.3, 0.4) is 0 Å². The monoisotopic (exact) mass is 382 g/mol. The fourth-order valence-corrected chi connectivity index (χ4v) is 2.87.